The van der Waals surface area contributed by atoms with Crippen LogP contribution in [0.3, 0.4) is 0 Å². The largest absolute Gasteiger partial charge is 0.465 e. The van der Waals surface area contributed by atoms with Crippen molar-refractivity contribution in [3.63, 3.8) is 0 Å². The number of imide groups is 1. The molecule has 0 atom stereocenters. The van der Waals surface area contributed by atoms with Crippen molar-refractivity contribution in [1.82, 2.24) is 0 Å². The number of furan rings is 1. The minimum Gasteiger partial charge on any atom is -0.465 e. The van der Waals surface area contributed by atoms with Gasteiger partial charge in [0.1, 0.15) is 11.5 Å². The van der Waals surface area contributed by atoms with E-state index in [9.17, 15) is 14.4 Å². The average molecular weight is 440 g/mol. The summed E-state index contributed by atoms with van der Waals surface area (Å²) in [5, 5.41) is 0.00631. The van der Waals surface area contributed by atoms with Gasteiger partial charge in [-0.1, -0.05) is 35.9 Å². The van der Waals surface area contributed by atoms with Crippen LogP contribution in [0.15, 0.2) is 70.0 Å². The highest BCUT2D eigenvalue weighted by atomic mass is 35.5. The maximum atomic E-state index is 12.8. The summed E-state index contributed by atoms with van der Waals surface area (Å²) in [6, 6.07) is 16.8. The highest BCUT2D eigenvalue weighted by Gasteiger charge is 2.36. The lowest BCUT2D eigenvalue weighted by atomic mass is 10.1. The molecule has 2 aromatic carbocycles. The number of rotatable bonds is 4. The van der Waals surface area contributed by atoms with Crippen molar-refractivity contribution >= 4 is 52.2 Å². The van der Waals surface area contributed by atoms with E-state index in [2.05, 4.69) is 0 Å². The number of anilines is 1. The van der Waals surface area contributed by atoms with Crippen molar-refractivity contribution in [2.24, 2.45) is 0 Å². The zero-order valence-corrected chi connectivity index (χ0v) is 17.2. The Morgan fingerprint density at radius 2 is 1.90 bits per heavy atom. The smallest absolute Gasteiger partial charge is 0.338 e. The summed E-state index contributed by atoms with van der Waals surface area (Å²) in [5.41, 5.74) is 1.33. The molecular formula is C22H14ClNO5S. The Balaban J connectivity index is 1.63. The Morgan fingerprint density at radius 3 is 2.67 bits per heavy atom. The zero-order valence-electron chi connectivity index (χ0n) is 15.6. The first kappa shape index (κ1) is 20.0. The second kappa shape index (κ2) is 8.22. The summed E-state index contributed by atoms with van der Waals surface area (Å²) < 4.78 is 10.6. The van der Waals surface area contributed by atoms with E-state index in [0.717, 1.165) is 16.7 Å². The van der Waals surface area contributed by atoms with Crippen LogP contribution in [0.25, 0.3) is 17.4 Å². The first-order chi connectivity index (χ1) is 14.5. The third-order valence-electron chi connectivity index (χ3n) is 4.36. The minimum absolute atomic E-state index is 0.224. The maximum Gasteiger partial charge on any atom is 0.338 e. The highest BCUT2D eigenvalue weighted by molar-refractivity contribution is 8.19. The van der Waals surface area contributed by atoms with E-state index in [1.54, 1.807) is 60.7 Å². The van der Waals surface area contributed by atoms with Crippen LogP contribution >= 0.6 is 23.4 Å². The van der Waals surface area contributed by atoms with E-state index >= 15 is 0 Å². The second-order valence-electron chi connectivity index (χ2n) is 6.24. The third-order valence-corrected chi connectivity index (χ3v) is 5.46. The number of nitrogens with zero attached hydrogens (tertiary/aromatic N) is 1. The van der Waals surface area contributed by atoms with Gasteiger partial charge in [-0.3, -0.25) is 9.59 Å². The fraction of sp³-hybridized carbons (Fsp3) is 0.0455. The summed E-state index contributed by atoms with van der Waals surface area (Å²) >= 11 is 6.79. The molecule has 0 radical (unpaired) electrons. The summed E-state index contributed by atoms with van der Waals surface area (Å²) in [6.07, 6.45) is 1.50. The molecule has 1 fully saturated rings. The number of thioether (sulfide) groups is 1. The van der Waals surface area contributed by atoms with Gasteiger partial charge in [-0.25, -0.2) is 9.69 Å². The van der Waals surface area contributed by atoms with Crippen molar-refractivity contribution < 1.29 is 23.5 Å². The number of hydrogen-bond donors (Lipinski definition) is 0. The topological polar surface area (TPSA) is 76.8 Å². The van der Waals surface area contributed by atoms with Crippen molar-refractivity contribution in [1.29, 1.82) is 0 Å². The Labute approximate surface area is 181 Å². The van der Waals surface area contributed by atoms with Gasteiger partial charge in [0, 0.05) is 16.7 Å². The van der Waals surface area contributed by atoms with E-state index in [0.29, 0.717) is 33.4 Å². The van der Waals surface area contributed by atoms with Crippen LogP contribution in [0.5, 0.6) is 0 Å². The van der Waals surface area contributed by atoms with Gasteiger partial charge in [0.25, 0.3) is 11.1 Å². The maximum absolute atomic E-state index is 12.8. The molecule has 0 saturated carbocycles. The van der Waals surface area contributed by atoms with E-state index in [1.807, 2.05) is 0 Å². The lowest BCUT2D eigenvalue weighted by Gasteiger charge is -2.12. The van der Waals surface area contributed by atoms with Crippen LogP contribution in [0.2, 0.25) is 5.02 Å². The molecule has 2 heterocycles. The SMILES string of the molecule is COC(=O)c1ccccc1-c1ccc(/C=C2/SC(=O)N(c3cccc(Cl)c3)C2=O)o1. The molecule has 1 aromatic heterocycles. The number of ether oxygens (including phenoxy) is 1. The van der Waals surface area contributed by atoms with E-state index < -0.39 is 17.1 Å². The molecule has 1 aliphatic heterocycles. The second-order valence-corrected chi connectivity index (χ2v) is 7.67. The molecular weight excluding hydrogens is 426 g/mol. The van der Waals surface area contributed by atoms with Crippen molar-refractivity contribution in [2.75, 3.05) is 12.0 Å². The predicted molar refractivity (Wildman–Crippen MR) is 115 cm³/mol. The van der Waals surface area contributed by atoms with E-state index in [1.165, 1.54) is 13.2 Å². The molecule has 3 aromatic rings. The van der Waals surface area contributed by atoms with E-state index in [4.69, 9.17) is 20.8 Å². The number of esters is 1. The summed E-state index contributed by atoms with van der Waals surface area (Å²) in [6.45, 7) is 0. The van der Waals surface area contributed by atoms with Gasteiger partial charge in [0.05, 0.1) is 23.3 Å². The summed E-state index contributed by atoms with van der Waals surface area (Å²) in [4.78, 5) is 38.4. The normalized spacial score (nSPS) is 15.1. The fourth-order valence-corrected chi connectivity index (χ4v) is 4.00. The van der Waals surface area contributed by atoms with Crippen LogP contribution in [0.1, 0.15) is 16.1 Å². The van der Waals surface area contributed by atoms with Crippen LogP contribution in [-0.2, 0) is 9.53 Å². The molecule has 2 amide bonds. The first-order valence-electron chi connectivity index (χ1n) is 8.79. The number of hydrogen-bond acceptors (Lipinski definition) is 6. The number of amides is 2. The van der Waals surface area contributed by atoms with Crippen LogP contribution in [0.4, 0.5) is 10.5 Å². The van der Waals surface area contributed by atoms with Crippen molar-refractivity contribution in [2.45, 2.75) is 0 Å². The molecule has 4 rings (SSSR count). The van der Waals surface area contributed by atoms with Gasteiger partial charge in [-0.05, 0) is 48.2 Å². The first-order valence-corrected chi connectivity index (χ1v) is 9.98. The fourth-order valence-electron chi connectivity index (χ4n) is 3.00. The molecule has 150 valence electrons. The summed E-state index contributed by atoms with van der Waals surface area (Å²) in [7, 11) is 1.31. The molecule has 1 aliphatic rings. The quantitative estimate of drug-likeness (QED) is 0.387. The van der Waals surface area contributed by atoms with Gasteiger partial charge < -0.3 is 9.15 Å². The van der Waals surface area contributed by atoms with Gasteiger partial charge >= 0.3 is 5.97 Å². The predicted octanol–water partition coefficient (Wildman–Crippen LogP) is 5.63. The average Bonchev–Trinajstić information content (AvgIpc) is 3.31. The standard InChI is InChI=1S/C22H14ClNO5S/c1-28-21(26)17-8-3-2-7-16(17)18-10-9-15(29-18)12-19-20(25)24(22(27)30-19)14-6-4-5-13(23)11-14/h2-12H,1H3/b19-12+. The molecule has 0 bridgehead atoms. The Morgan fingerprint density at radius 1 is 1.10 bits per heavy atom. The minimum atomic E-state index is -0.480. The molecule has 0 unspecified atom stereocenters. The van der Waals surface area contributed by atoms with Crippen LogP contribution < -0.4 is 4.90 Å². The van der Waals surface area contributed by atoms with Crippen LogP contribution in [0, 0.1) is 0 Å². The van der Waals surface area contributed by atoms with Gasteiger partial charge in [-0.2, -0.15) is 0 Å². The Bertz CT molecular complexity index is 1200. The van der Waals surface area contributed by atoms with Gasteiger partial charge in [-0.15, -0.1) is 0 Å². The van der Waals surface area contributed by atoms with Crippen molar-refractivity contribution in [3.05, 3.63) is 81.9 Å². The number of carbonyl (C=O) groups excluding carboxylic acids is 3. The highest BCUT2D eigenvalue weighted by Crippen LogP contribution is 2.37. The number of benzene rings is 2. The summed E-state index contributed by atoms with van der Waals surface area (Å²) in [5.74, 6) is -0.121. The number of methoxy groups -OCH3 is 1. The monoisotopic (exact) mass is 439 g/mol. The number of carbonyl (C=O) groups is 3. The Kier molecular flexibility index (Phi) is 5.48. The molecule has 6 nitrogen and oxygen atoms in total. The third kappa shape index (κ3) is 3.77. The molecule has 8 heteroatoms. The Hall–Kier alpha value is -3.29. The molecule has 0 N–H and O–H groups in total. The lowest BCUT2D eigenvalue weighted by molar-refractivity contribution is -0.113. The molecule has 0 spiro atoms. The molecule has 1 saturated heterocycles. The zero-order chi connectivity index (χ0) is 21.3. The van der Waals surface area contributed by atoms with Crippen molar-refractivity contribution in [3.8, 4) is 11.3 Å². The van der Waals surface area contributed by atoms with Crippen LogP contribution in [-0.4, -0.2) is 24.2 Å². The molecule has 0 aliphatic carbocycles. The van der Waals surface area contributed by atoms with Gasteiger partial charge in [0.2, 0.25) is 0 Å². The lowest BCUT2D eigenvalue weighted by Crippen LogP contribution is -2.27. The van der Waals surface area contributed by atoms with E-state index in [-0.39, 0.29) is 4.91 Å². The number of halogens is 1. The van der Waals surface area contributed by atoms with Gasteiger partial charge in [0.15, 0.2) is 0 Å². The molecule has 30 heavy (non-hydrogen) atoms.